The van der Waals surface area contributed by atoms with Crippen molar-refractivity contribution in [2.45, 2.75) is 12.1 Å². The summed E-state index contributed by atoms with van der Waals surface area (Å²) in [6.45, 7) is 0. The Morgan fingerprint density at radius 1 is 0.700 bits per heavy atom. The molecule has 0 fully saturated rings. The molecule has 0 bridgehead atoms. The van der Waals surface area contributed by atoms with Gasteiger partial charge in [0.2, 0.25) is 0 Å². The summed E-state index contributed by atoms with van der Waals surface area (Å²) in [5.74, 6) is 0. The molecule has 0 heterocycles. The van der Waals surface area contributed by atoms with Crippen LogP contribution in [0, 0.1) is 0 Å². The van der Waals surface area contributed by atoms with Crippen LogP contribution in [0.2, 0.25) is 10.0 Å². The Labute approximate surface area is 130 Å². The van der Waals surface area contributed by atoms with E-state index in [1.165, 1.54) is 0 Å². The predicted molar refractivity (Wildman–Crippen MR) is 86.5 cm³/mol. The summed E-state index contributed by atoms with van der Waals surface area (Å²) in [4.78, 5) is 0. The molecule has 0 saturated heterocycles. The molecule has 2 rings (SSSR count). The number of benzene rings is 2. The Morgan fingerprint density at radius 2 is 1.05 bits per heavy atom. The molecule has 2 atom stereocenters. The molecule has 0 aliphatic rings. The van der Waals surface area contributed by atoms with Crippen molar-refractivity contribution < 1.29 is 0 Å². The topological polar surface area (TPSA) is 24.1 Å². The van der Waals surface area contributed by atoms with Gasteiger partial charge in [-0.3, -0.25) is 0 Å². The van der Waals surface area contributed by atoms with Gasteiger partial charge in [-0.1, -0.05) is 59.6 Å². The van der Waals surface area contributed by atoms with Gasteiger partial charge in [0, 0.05) is 10.0 Å². The van der Waals surface area contributed by atoms with Gasteiger partial charge in [-0.2, -0.15) is 0 Å². The molecule has 106 valence electrons. The van der Waals surface area contributed by atoms with Gasteiger partial charge in [0.25, 0.3) is 0 Å². The fourth-order valence-corrected chi connectivity index (χ4v) is 2.96. The maximum absolute atomic E-state index is 6.33. The summed E-state index contributed by atoms with van der Waals surface area (Å²) < 4.78 is 0. The van der Waals surface area contributed by atoms with Crippen molar-refractivity contribution in [2.24, 2.45) is 0 Å². The van der Waals surface area contributed by atoms with Crippen LogP contribution < -0.4 is 10.6 Å². The van der Waals surface area contributed by atoms with E-state index in [4.69, 9.17) is 23.2 Å². The predicted octanol–water partition coefficient (Wildman–Crippen LogP) is 4.21. The van der Waals surface area contributed by atoms with E-state index in [1.54, 1.807) is 0 Å². The quantitative estimate of drug-likeness (QED) is 0.864. The average Bonchev–Trinajstić information content (AvgIpc) is 2.47. The van der Waals surface area contributed by atoms with E-state index in [0.29, 0.717) is 0 Å². The average molecular weight is 309 g/mol. The molecular weight excluding hydrogens is 291 g/mol. The molecule has 2 N–H and O–H groups in total. The molecular formula is C16H18Cl2N2. The lowest BCUT2D eigenvalue weighted by Gasteiger charge is -2.28. The molecule has 2 aromatic rings. The zero-order chi connectivity index (χ0) is 14.5. The zero-order valence-corrected chi connectivity index (χ0v) is 13.0. The number of halogens is 2. The summed E-state index contributed by atoms with van der Waals surface area (Å²) in [6, 6.07) is 15.8. The lowest BCUT2D eigenvalue weighted by Crippen LogP contribution is -2.32. The van der Waals surface area contributed by atoms with Gasteiger partial charge in [-0.15, -0.1) is 0 Å². The zero-order valence-electron chi connectivity index (χ0n) is 11.5. The molecule has 0 aliphatic heterocycles. The highest BCUT2D eigenvalue weighted by atomic mass is 35.5. The standard InChI is InChI=1S/C16H18Cl2N2/c1-19-15(11-7-3-5-9-13(11)17)16(20-2)12-8-4-6-10-14(12)18/h3-10,15-16,19-20H,1-2H3/t15-,16-/m0/s1. The highest BCUT2D eigenvalue weighted by Crippen LogP contribution is 2.35. The number of rotatable bonds is 5. The van der Waals surface area contributed by atoms with Gasteiger partial charge in [0.1, 0.15) is 0 Å². The molecule has 0 amide bonds. The first kappa shape index (κ1) is 15.3. The number of hydrogen-bond acceptors (Lipinski definition) is 2. The van der Waals surface area contributed by atoms with Crippen molar-refractivity contribution in [1.82, 2.24) is 10.6 Å². The van der Waals surface area contributed by atoms with Crippen molar-refractivity contribution in [3.8, 4) is 0 Å². The summed E-state index contributed by atoms with van der Waals surface area (Å²) in [5, 5.41) is 8.16. The van der Waals surface area contributed by atoms with Gasteiger partial charge >= 0.3 is 0 Å². The van der Waals surface area contributed by atoms with Gasteiger partial charge in [0.15, 0.2) is 0 Å². The highest BCUT2D eigenvalue weighted by molar-refractivity contribution is 6.31. The Hall–Kier alpha value is -1.06. The van der Waals surface area contributed by atoms with E-state index >= 15 is 0 Å². The molecule has 0 spiro atoms. The Morgan fingerprint density at radius 3 is 1.35 bits per heavy atom. The van der Waals surface area contributed by atoms with Gasteiger partial charge in [-0.05, 0) is 37.4 Å². The van der Waals surface area contributed by atoms with Crippen LogP contribution in [0.4, 0.5) is 0 Å². The molecule has 2 nitrogen and oxygen atoms in total. The van der Waals surface area contributed by atoms with Crippen molar-refractivity contribution in [1.29, 1.82) is 0 Å². The molecule has 0 aliphatic carbocycles. The second-order valence-corrected chi connectivity index (χ2v) is 5.39. The smallest absolute Gasteiger partial charge is 0.0531 e. The lowest BCUT2D eigenvalue weighted by molar-refractivity contribution is 0.432. The van der Waals surface area contributed by atoms with E-state index in [1.807, 2.05) is 62.6 Å². The number of nitrogens with one attached hydrogen (secondary N) is 2. The van der Waals surface area contributed by atoms with Crippen molar-refractivity contribution in [3.05, 3.63) is 69.7 Å². The van der Waals surface area contributed by atoms with Crippen LogP contribution in [0.15, 0.2) is 48.5 Å². The molecule has 2 aromatic carbocycles. The molecule has 0 unspecified atom stereocenters. The fourth-order valence-electron chi connectivity index (χ4n) is 2.46. The van der Waals surface area contributed by atoms with Gasteiger partial charge < -0.3 is 10.6 Å². The summed E-state index contributed by atoms with van der Waals surface area (Å²) in [6.07, 6.45) is 0. The van der Waals surface area contributed by atoms with Crippen LogP contribution in [-0.2, 0) is 0 Å². The molecule has 0 saturated carbocycles. The number of likely N-dealkylation sites (N-methyl/N-ethyl adjacent to an activating group) is 2. The van der Waals surface area contributed by atoms with Gasteiger partial charge in [-0.25, -0.2) is 0 Å². The maximum atomic E-state index is 6.33. The van der Waals surface area contributed by atoms with E-state index < -0.39 is 0 Å². The first-order valence-electron chi connectivity index (χ1n) is 6.52. The lowest BCUT2D eigenvalue weighted by atomic mass is 9.93. The molecule has 20 heavy (non-hydrogen) atoms. The second kappa shape index (κ2) is 7.09. The first-order chi connectivity index (χ1) is 9.69. The molecule has 0 aromatic heterocycles. The fraction of sp³-hybridized carbons (Fsp3) is 0.250. The van der Waals surface area contributed by atoms with Crippen LogP contribution in [0.25, 0.3) is 0 Å². The SMILES string of the molecule is CN[C@@H](c1ccccc1Cl)[C@@H](NC)c1ccccc1Cl. The summed E-state index contributed by atoms with van der Waals surface area (Å²) in [7, 11) is 3.85. The molecule has 4 heteroatoms. The van der Waals surface area contributed by atoms with Crippen LogP contribution >= 0.6 is 23.2 Å². The third-order valence-corrected chi connectivity index (χ3v) is 4.12. The summed E-state index contributed by atoms with van der Waals surface area (Å²) in [5.41, 5.74) is 2.10. The van der Waals surface area contributed by atoms with E-state index in [2.05, 4.69) is 10.6 Å². The highest BCUT2D eigenvalue weighted by Gasteiger charge is 2.25. The third-order valence-electron chi connectivity index (χ3n) is 3.44. The second-order valence-electron chi connectivity index (χ2n) is 4.58. The normalized spacial score (nSPS) is 14.0. The minimum atomic E-state index is 0.0357. The maximum Gasteiger partial charge on any atom is 0.0531 e. The van der Waals surface area contributed by atoms with Crippen molar-refractivity contribution in [3.63, 3.8) is 0 Å². The largest absolute Gasteiger partial charge is 0.311 e. The van der Waals surface area contributed by atoms with E-state index in [9.17, 15) is 0 Å². The minimum Gasteiger partial charge on any atom is -0.311 e. The Kier molecular flexibility index (Phi) is 5.44. The van der Waals surface area contributed by atoms with Crippen LogP contribution in [0.5, 0.6) is 0 Å². The summed E-state index contributed by atoms with van der Waals surface area (Å²) >= 11 is 12.7. The Balaban J connectivity index is 2.44. The minimum absolute atomic E-state index is 0.0357. The van der Waals surface area contributed by atoms with Crippen molar-refractivity contribution in [2.75, 3.05) is 14.1 Å². The van der Waals surface area contributed by atoms with Crippen molar-refractivity contribution >= 4 is 23.2 Å². The molecule has 0 radical (unpaired) electrons. The van der Waals surface area contributed by atoms with Crippen LogP contribution in [-0.4, -0.2) is 14.1 Å². The van der Waals surface area contributed by atoms with Crippen LogP contribution in [0.1, 0.15) is 23.2 Å². The first-order valence-corrected chi connectivity index (χ1v) is 7.28. The van der Waals surface area contributed by atoms with E-state index in [0.717, 1.165) is 21.2 Å². The van der Waals surface area contributed by atoms with E-state index in [-0.39, 0.29) is 12.1 Å². The Bertz CT molecular complexity index is 520. The van der Waals surface area contributed by atoms with Crippen LogP contribution in [0.3, 0.4) is 0 Å². The monoisotopic (exact) mass is 308 g/mol. The van der Waals surface area contributed by atoms with Gasteiger partial charge in [0.05, 0.1) is 12.1 Å². The third kappa shape index (κ3) is 3.15. The number of hydrogen-bond donors (Lipinski definition) is 2.